The Kier molecular flexibility index (Phi) is 5.20. The Hall–Kier alpha value is -6.24. The Morgan fingerprint density at radius 2 is 0.708 bits per heavy atom. The van der Waals surface area contributed by atoms with E-state index in [1.54, 1.807) is 0 Å². The van der Waals surface area contributed by atoms with Crippen molar-refractivity contribution in [3.8, 4) is 22.3 Å². The van der Waals surface area contributed by atoms with Gasteiger partial charge in [-0.15, -0.1) is 0 Å². The van der Waals surface area contributed by atoms with Crippen LogP contribution >= 0.6 is 0 Å². The van der Waals surface area contributed by atoms with Gasteiger partial charge in [0, 0.05) is 0 Å². The second-order valence-electron chi connectivity index (χ2n) is 13.3. The highest BCUT2D eigenvalue weighted by Gasteiger charge is 2.14. The van der Waals surface area contributed by atoms with Gasteiger partial charge in [0.25, 0.3) is 0 Å². The summed E-state index contributed by atoms with van der Waals surface area (Å²) >= 11 is 0. The fraction of sp³-hybridized carbons (Fsp3) is 0. The molecule has 0 spiro atoms. The molecule has 0 heterocycles. The van der Waals surface area contributed by atoms with Gasteiger partial charge in [-0.1, -0.05) is 152 Å². The average molecular weight is 605 g/mol. The van der Waals surface area contributed by atoms with E-state index in [1.807, 2.05) is 0 Å². The predicted molar refractivity (Wildman–Crippen MR) is 209 cm³/mol. The van der Waals surface area contributed by atoms with Crippen molar-refractivity contribution in [1.29, 1.82) is 0 Å². The highest BCUT2D eigenvalue weighted by molar-refractivity contribution is 6.31. The van der Waals surface area contributed by atoms with E-state index in [0.717, 1.165) is 0 Å². The van der Waals surface area contributed by atoms with Crippen molar-refractivity contribution in [2.24, 2.45) is 0 Å². The van der Waals surface area contributed by atoms with Crippen LogP contribution in [0.4, 0.5) is 0 Å². The zero-order valence-electron chi connectivity index (χ0n) is 26.2. The van der Waals surface area contributed by atoms with Crippen LogP contribution in [0.25, 0.3) is 108 Å². The molecule has 11 rings (SSSR count). The minimum absolute atomic E-state index is 1.24. The van der Waals surface area contributed by atoms with Gasteiger partial charge in [-0.3, -0.25) is 0 Å². The van der Waals surface area contributed by atoms with Crippen molar-refractivity contribution in [1.82, 2.24) is 0 Å². The molecule has 0 heteroatoms. The van der Waals surface area contributed by atoms with Crippen molar-refractivity contribution < 1.29 is 0 Å². The summed E-state index contributed by atoms with van der Waals surface area (Å²) in [5.41, 5.74) is 5.01. The molecule has 0 aromatic heterocycles. The molecule has 0 radical (unpaired) electrons. The number of hydrogen-bond donors (Lipinski definition) is 0. The molecule has 11 aromatic carbocycles. The van der Waals surface area contributed by atoms with Crippen LogP contribution in [0.1, 0.15) is 0 Å². The van der Waals surface area contributed by atoms with Crippen LogP contribution in [0.5, 0.6) is 0 Å². The third-order valence-corrected chi connectivity index (χ3v) is 10.7. The van der Waals surface area contributed by atoms with Gasteiger partial charge in [0.1, 0.15) is 0 Å². The maximum Gasteiger partial charge on any atom is -0.00201 e. The van der Waals surface area contributed by atoms with Gasteiger partial charge in [-0.25, -0.2) is 0 Å². The van der Waals surface area contributed by atoms with E-state index in [-0.39, 0.29) is 0 Å². The number of hydrogen-bond acceptors (Lipinski definition) is 0. The van der Waals surface area contributed by atoms with E-state index in [0.29, 0.717) is 0 Å². The zero-order valence-corrected chi connectivity index (χ0v) is 26.2. The smallest absolute Gasteiger partial charge is 0.00201 e. The highest BCUT2D eigenvalue weighted by atomic mass is 14.2. The van der Waals surface area contributed by atoms with Gasteiger partial charge >= 0.3 is 0 Å². The maximum atomic E-state index is 2.41. The quantitative estimate of drug-likeness (QED) is 0.172. The molecule has 0 N–H and O–H groups in total. The molecule has 0 saturated carbocycles. The molecule has 0 atom stereocenters. The molecule has 0 amide bonds. The Bertz CT molecular complexity index is 3060. The first kappa shape index (κ1) is 25.9. The Labute approximate surface area is 277 Å². The van der Waals surface area contributed by atoms with Gasteiger partial charge in [0.2, 0.25) is 0 Å². The third-order valence-electron chi connectivity index (χ3n) is 10.7. The molecule has 48 heavy (non-hydrogen) atoms. The molecule has 0 unspecified atom stereocenters. The van der Waals surface area contributed by atoms with Crippen molar-refractivity contribution in [2.75, 3.05) is 0 Å². The van der Waals surface area contributed by atoms with Gasteiger partial charge in [-0.05, 0) is 127 Å². The van der Waals surface area contributed by atoms with Crippen LogP contribution in [-0.2, 0) is 0 Å². The average Bonchev–Trinajstić information content (AvgIpc) is 3.16. The Morgan fingerprint density at radius 3 is 1.48 bits per heavy atom. The van der Waals surface area contributed by atoms with Crippen LogP contribution < -0.4 is 0 Å². The van der Waals surface area contributed by atoms with E-state index in [9.17, 15) is 0 Å². The molecule has 0 aliphatic carbocycles. The maximum absolute atomic E-state index is 2.41. The highest BCUT2D eigenvalue weighted by Crippen LogP contribution is 2.42. The topological polar surface area (TPSA) is 0 Å². The van der Waals surface area contributed by atoms with E-state index in [1.165, 1.54) is 108 Å². The molecule has 0 bridgehead atoms. The minimum Gasteiger partial charge on any atom is -0.0616 e. The second kappa shape index (κ2) is 9.64. The summed E-state index contributed by atoms with van der Waals surface area (Å²) in [6.07, 6.45) is 0. The lowest BCUT2D eigenvalue weighted by Gasteiger charge is -2.15. The summed E-state index contributed by atoms with van der Waals surface area (Å²) < 4.78 is 0. The van der Waals surface area contributed by atoms with Crippen molar-refractivity contribution in [2.45, 2.75) is 0 Å². The lowest BCUT2D eigenvalue weighted by atomic mass is 9.89. The molecular formula is C48H28. The number of benzene rings is 11. The molecule has 0 aliphatic heterocycles. The molecule has 0 saturated heterocycles. The second-order valence-corrected chi connectivity index (χ2v) is 13.3. The molecule has 220 valence electrons. The number of fused-ring (bicyclic) bond motifs is 9. The third kappa shape index (κ3) is 3.60. The van der Waals surface area contributed by atoms with Gasteiger partial charge in [-0.2, -0.15) is 0 Å². The molecular weight excluding hydrogens is 577 g/mol. The fourth-order valence-corrected chi connectivity index (χ4v) is 8.48. The van der Waals surface area contributed by atoms with Crippen LogP contribution in [-0.4, -0.2) is 0 Å². The van der Waals surface area contributed by atoms with E-state index >= 15 is 0 Å². The summed E-state index contributed by atoms with van der Waals surface area (Å²) in [4.78, 5) is 0. The van der Waals surface area contributed by atoms with Gasteiger partial charge < -0.3 is 0 Å². The summed E-state index contributed by atoms with van der Waals surface area (Å²) in [6.45, 7) is 0. The summed E-state index contributed by atoms with van der Waals surface area (Å²) in [5.74, 6) is 0. The first-order chi connectivity index (χ1) is 23.8. The lowest BCUT2D eigenvalue weighted by Crippen LogP contribution is -1.88. The van der Waals surface area contributed by atoms with Gasteiger partial charge in [0.05, 0.1) is 0 Å². The van der Waals surface area contributed by atoms with Crippen LogP contribution in [0, 0.1) is 0 Å². The first-order valence-electron chi connectivity index (χ1n) is 16.8. The van der Waals surface area contributed by atoms with Crippen molar-refractivity contribution >= 4 is 86.2 Å². The van der Waals surface area contributed by atoms with E-state index in [2.05, 4.69) is 170 Å². The lowest BCUT2D eigenvalue weighted by molar-refractivity contribution is 1.67. The first-order valence-corrected chi connectivity index (χ1v) is 16.8. The predicted octanol–water partition coefficient (Wildman–Crippen LogP) is 13.7. The van der Waals surface area contributed by atoms with Crippen LogP contribution in [0.2, 0.25) is 0 Å². The summed E-state index contributed by atoms with van der Waals surface area (Å²) in [5, 5.41) is 20.9. The van der Waals surface area contributed by atoms with Crippen molar-refractivity contribution in [3.63, 3.8) is 0 Å². The Balaban J connectivity index is 1.11. The van der Waals surface area contributed by atoms with Crippen LogP contribution in [0.3, 0.4) is 0 Å². The monoisotopic (exact) mass is 604 g/mol. The normalized spacial score (nSPS) is 12.2. The Morgan fingerprint density at radius 1 is 0.208 bits per heavy atom. The molecule has 0 nitrogen and oxygen atoms in total. The summed E-state index contributed by atoms with van der Waals surface area (Å²) in [6, 6.07) is 63.4. The van der Waals surface area contributed by atoms with E-state index < -0.39 is 0 Å². The largest absolute Gasteiger partial charge is 0.0616 e. The summed E-state index contributed by atoms with van der Waals surface area (Å²) in [7, 11) is 0. The van der Waals surface area contributed by atoms with E-state index in [4.69, 9.17) is 0 Å². The number of rotatable bonds is 2. The SMILES string of the molecule is c1cc2ccc3ccc(-c4ccc5ccc(-c6ccc7ccc8c9ccccc9c9ccccc9c8c7c6)cc5c4)c4ccc(c1)c2c34. The molecule has 0 aliphatic rings. The van der Waals surface area contributed by atoms with Gasteiger partial charge in [0.15, 0.2) is 0 Å². The minimum atomic E-state index is 1.24. The fourth-order valence-electron chi connectivity index (χ4n) is 8.48. The van der Waals surface area contributed by atoms with Crippen molar-refractivity contribution in [3.05, 3.63) is 170 Å². The zero-order chi connectivity index (χ0) is 31.3. The molecule has 0 fully saturated rings. The standard InChI is InChI=1S/C48H28/c1-2-10-41-39(8-1)40-9-3-4-11-42(40)48-44(41)24-20-30-14-18-35(28-45(30)48)34-17-12-29-13-19-36(27-37(29)26-34)38-23-21-33-16-15-31-6-5-7-32-22-25-43(38)47(33)46(31)32/h1-28H. The molecule has 11 aromatic rings. The van der Waals surface area contributed by atoms with Crippen LogP contribution in [0.15, 0.2) is 170 Å².